The van der Waals surface area contributed by atoms with Crippen LogP contribution in [0.1, 0.15) is 48.6 Å². The van der Waals surface area contributed by atoms with Crippen molar-refractivity contribution in [3.8, 4) is 0 Å². The Bertz CT molecular complexity index is 1070. The van der Waals surface area contributed by atoms with Crippen LogP contribution in [0.25, 0.3) is 20.4 Å². The summed E-state index contributed by atoms with van der Waals surface area (Å²) in [6, 6.07) is 2.09. The molecule has 0 bridgehead atoms. The SMILES string of the molecule is Cc1cc(C)c2c(n1)sc1c(C3CCN(C(=O)C4(F)CC4)CC3)ncnc12. The number of fused-ring (bicyclic) bond motifs is 3. The van der Waals surface area contributed by atoms with Crippen LogP contribution >= 0.6 is 11.3 Å². The van der Waals surface area contributed by atoms with Crippen LogP contribution in [-0.4, -0.2) is 44.5 Å². The minimum absolute atomic E-state index is 0.267. The summed E-state index contributed by atoms with van der Waals surface area (Å²) in [7, 11) is 0. The van der Waals surface area contributed by atoms with E-state index in [0.717, 1.165) is 44.7 Å². The number of thiophene rings is 1. The number of carbonyl (C=O) groups is 1. The summed E-state index contributed by atoms with van der Waals surface area (Å²) in [5.41, 5.74) is 2.65. The van der Waals surface area contributed by atoms with Crippen LogP contribution in [0.5, 0.6) is 0 Å². The van der Waals surface area contributed by atoms with Crippen molar-refractivity contribution in [2.75, 3.05) is 13.1 Å². The molecule has 3 aromatic rings. The zero-order valence-electron chi connectivity index (χ0n) is 15.5. The van der Waals surface area contributed by atoms with Crippen LogP contribution in [-0.2, 0) is 4.79 Å². The predicted molar refractivity (Wildman–Crippen MR) is 104 cm³/mol. The summed E-state index contributed by atoms with van der Waals surface area (Å²) in [5.74, 6) is -0.0465. The summed E-state index contributed by atoms with van der Waals surface area (Å²) >= 11 is 1.65. The zero-order valence-corrected chi connectivity index (χ0v) is 16.3. The maximum Gasteiger partial charge on any atom is 0.260 e. The van der Waals surface area contributed by atoms with Gasteiger partial charge in [-0.2, -0.15) is 0 Å². The third-order valence-corrected chi connectivity index (χ3v) is 6.91. The molecule has 140 valence electrons. The van der Waals surface area contributed by atoms with Gasteiger partial charge in [-0.05, 0) is 51.2 Å². The number of likely N-dealkylation sites (tertiary alicyclic amines) is 1. The van der Waals surface area contributed by atoms with Crippen molar-refractivity contribution in [1.29, 1.82) is 0 Å². The molecule has 2 aliphatic rings. The molecule has 0 spiro atoms. The highest BCUT2D eigenvalue weighted by Gasteiger charge is 2.53. The number of hydrogen-bond acceptors (Lipinski definition) is 5. The average Bonchev–Trinajstić information content (AvgIpc) is 3.29. The molecule has 7 heteroatoms. The monoisotopic (exact) mass is 384 g/mol. The topological polar surface area (TPSA) is 59.0 Å². The van der Waals surface area contributed by atoms with E-state index in [2.05, 4.69) is 27.9 Å². The molecule has 1 saturated heterocycles. The number of pyridine rings is 1. The Morgan fingerprint density at radius 1 is 1.26 bits per heavy atom. The van der Waals surface area contributed by atoms with Gasteiger partial charge in [0.1, 0.15) is 11.2 Å². The first-order valence-corrected chi connectivity index (χ1v) is 10.3. The minimum Gasteiger partial charge on any atom is -0.340 e. The Hall–Kier alpha value is -2.15. The predicted octanol–water partition coefficient (Wildman–Crippen LogP) is 4.06. The van der Waals surface area contributed by atoms with Gasteiger partial charge in [0.25, 0.3) is 5.91 Å². The molecule has 0 N–H and O–H groups in total. The van der Waals surface area contributed by atoms with Gasteiger partial charge in [0.05, 0.1) is 15.9 Å². The lowest BCUT2D eigenvalue weighted by Gasteiger charge is -2.32. The molecule has 0 unspecified atom stereocenters. The number of halogens is 1. The van der Waals surface area contributed by atoms with Crippen molar-refractivity contribution in [3.05, 3.63) is 29.3 Å². The van der Waals surface area contributed by atoms with Crippen molar-refractivity contribution in [2.24, 2.45) is 0 Å². The number of piperidine rings is 1. The lowest BCUT2D eigenvalue weighted by molar-refractivity contribution is -0.139. The van der Waals surface area contributed by atoms with Crippen molar-refractivity contribution in [1.82, 2.24) is 19.9 Å². The van der Waals surface area contributed by atoms with Gasteiger partial charge >= 0.3 is 0 Å². The van der Waals surface area contributed by atoms with Gasteiger partial charge in [-0.3, -0.25) is 4.79 Å². The molecule has 2 fully saturated rings. The lowest BCUT2D eigenvalue weighted by atomic mass is 9.92. The number of rotatable bonds is 2. The first-order valence-electron chi connectivity index (χ1n) is 9.46. The Kier molecular flexibility index (Phi) is 3.73. The Morgan fingerprint density at radius 2 is 2.00 bits per heavy atom. The lowest BCUT2D eigenvalue weighted by Crippen LogP contribution is -2.43. The molecule has 5 rings (SSSR count). The van der Waals surface area contributed by atoms with Crippen molar-refractivity contribution >= 4 is 37.7 Å². The van der Waals surface area contributed by atoms with Crippen molar-refractivity contribution in [2.45, 2.75) is 51.1 Å². The smallest absolute Gasteiger partial charge is 0.260 e. The van der Waals surface area contributed by atoms with E-state index in [1.165, 1.54) is 5.56 Å². The van der Waals surface area contributed by atoms with E-state index < -0.39 is 5.67 Å². The number of hydrogen-bond donors (Lipinski definition) is 0. The summed E-state index contributed by atoms with van der Waals surface area (Å²) in [4.78, 5) is 28.8. The van der Waals surface area contributed by atoms with E-state index >= 15 is 0 Å². The van der Waals surface area contributed by atoms with Crippen LogP contribution in [0.4, 0.5) is 4.39 Å². The Balaban J connectivity index is 1.47. The highest BCUT2D eigenvalue weighted by molar-refractivity contribution is 7.25. The quantitative estimate of drug-likeness (QED) is 0.668. The second kappa shape index (κ2) is 5.92. The first kappa shape index (κ1) is 17.0. The number of aryl methyl sites for hydroxylation is 2. The minimum atomic E-state index is -1.57. The first-order chi connectivity index (χ1) is 13.0. The summed E-state index contributed by atoms with van der Waals surface area (Å²) in [6.45, 7) is 5.30. The Labute approximate surface area is 160 Å². The highest BCUT2D eigenvalue weighted by Crippen LogP contribution is 2.43. The number of alkyl halides is 1. The molecule has 0 aromatic carbocycles. The number of carbonyl (C=O) groups excluding carboxylic acids is 1. The van der Waals surface area contributed by atoms with Crippen LogP contribution in [0.15, 0.2) is 12.4 Å². The molecular formula is C20H21FN4OS. The third-order valence-electron chi connectivity index (χ3n) is 5.82. The molecule has 1 amide bonds. The molecule has 27 heavy (non-hydrogen) atoms. The Morgan fingerprint density at radius 3 is 2.70 bits per heavy atom. The molecule has 5 nitrogen and oxygen atoms in total. The fourth-order valence-electron chi connectivity index (χ4n) is 4.18. The third kappa shape index (κ3) is 2.71. The summed E-state index contributed by atoms with van der Waals surface area (Å²) in [6.07, 6.45) is 4.03. The van der Waals surface area contributed by atoms with E-state index in [1.54, 1.807) is 22.6 Å². The maximum absolute atomic E-state index is 14.1. The number of aromatic nitrogens is 3. The number of amides is 1. The average molecular weight is 384 g/mol. The normalized spacial score (nSPS) is 19.7. The van der Waals surface area contributed by atoms with Gasteiger partial charge in [-0.25, -0.2) is 19.3 Å². The molecule has 1 aliphatic heterocycles. The molecule has 0 atom stereocenters. The molecule has 0 radical (unpaired) electrons. The van der Waals surface area contributed by atoms with Gasteiger partial charge in [0.15, 0.2) is 5.67 Å². The molecule has 1 aliphatic carbocycles. The van der Waals surface area contributed by atoms with Crippen LogP contribution in [0, 0.1) is 13.8 Å². The molecule has 3 aromatic heterocycles. The van der Waals surface area contributed by atoms with Gasteiger partial charge in [-0.15, -0.1) is 11.3 Å². The van der Waals surface area contributed by atoms with Crippen molar-refractivity contribution < 1.29 is 9.18 Å². The van der Waals surface area contributed by atoms with E-state index in [0.29, 0.717) is 25.9 Å². The van der Waals surface area contributed by atoms with Gasteiger partial charge in [0, 0.05) is 30.1 Å². The van der Waals surface area contributed by atoms with E-state index in [4.69, 9.17) is 0 Å². The fraction of sp³-hybridized carbons (Fsp3) is 0.500. The van der Waals surface area contributed by atoms with Gasteiger partial charge in [-0.1, -0.05) is 0 Å². The van der Waals surface area contributed by atoms with E-state index in [1.807, 2.05) is 6.92 Å². The molecular weight excluding hydrogens is 363 g/mol. The largest absolute Gasteiger partial charge is 0.340 e. The van der Waals surface area contributed by atoms with Crippen LogP contribution in [0.2, 0.25) is 0 Å². The highest BCUT2D eigenvalue weighted by atomic mass is 32.1. The summed E-state index contributed by atoms with van der Waals surface area (Å²) in [5, 5.41) is 1.12. The maximum atomic E-state index is 14.1. The fourth-order valence-corrected chi connectivity index (χ4v) is 5.50. The van der Waals surface area contributed by atoms with E-state index in [-0.39, 0.29) is 11.8 Å². The summed E-state index contributed by atoms with van der Waals surface area (Å²) < 4.78 is 15.2. The standard InChI is InChI=1S/C20H21FN4OS/c1-11-9-12(2)24-18-14(11)16-17(27-18)15(22-10-23-16)13-3-7-25(8-4-13)19(26)20(21)5-6-20/h9-10,13H,3-8H2,1-2H3. The van der Waals surface area contributed by atoms with Gasteiger partial charge < -0.3 is 4.90 Å². The molecule has 4 heterocycles. The van der Waals surface area contributed by atoms with Crippen LogP contribution in [0.3, 0.4) is 0 Å². The molecule has 1 saturated carbocycles. The second-order valence-electron chi connectivity index (χ2n) is 7.83. The van der Waals surface area contributed by atoms with Crippen molar-refractivity contribution in [3.63, 3.8) is 0 Å². The number of nitrogens with zero attached hydrogens (tertiary/aromatic N) is 4. The van der Waals surface area contributed by atoms with E-state index in [9.17, 15) is 9.18 Å². The van der Waals surface area contributed by atoms with Crippen LogP contribution < -0.4 is 0 Å². The van der Waals surface area contributed by atoms with Gasteiger partial charge in [0.2, 0.25) is 0 Å². The zero-order chi connectivity index (χ0) is 18.8. The second-order valence-corrected chi connectivity index (χ2v) is 8.83.